The first-order valence-corrected chi connectivity index (χ1v) is 13.1. The molecule has 0 unspecified atom stereocenters. The number of ether oxygens (including phenoxy) is 2. The van der Waals surface area contributed by atoms with Gasteiger partial charge in [0.05, 0.1) is 36.2 Å². The molecule has 2 N–H and O–H groups in total. The Bertz CT molecular complexity index is 1300. The summed E-state index contributed by atoms with van der Waals surface area (Å²) in [6.45, 7) is 3.05. The average molecular weight is 563 g/mol. The minimum Gasteiger partial charge on any atom is -0.494 e. The molecule has 1 aliphatic rings. The molecule has 0 atom stereocenters. The third-order valence-electron chi connectivity index (χ3n) is 5.45. The quantitative estimate of drug-likeness (QED) is 0.423. The molecule has 1 aliphatic heterocycles. The molecule has 2 aromatic carbocycles. The van der Waals surface area contributed by atoms with Crippen molar-refractivity contribution in [2.45, 2.75) is 4.90 Å². The molecular weight excluding hydrogens is 536 g/mol. The normalized spacial score (nSPS) is 14.1. The summed E-state index contributed by atoms with van der Waals surface area (Å²) in [6, 6.07) is 12.6. The predicted molar refractivity (Wildman–Crippen MR) is 140 cm³/mol. The fourth-order valence-electron chi connectivity index (χ4n) is 3.56. The smallest absolute Gasteiger partial charge is 0.244 e. The molecule has 4 rings (SSSR count). The van der Waals surface area contributed by atoms with Gasteiger partial charge in [-0.25, -0.2) is 17.7 Å². The van der Waals surface area contributed by atoms with E-state index in [0.717, 1.165) is 18.8 Å². The second kappa shape index (κ2) is 10.8. The van der Waals surface area contributed by atoms with Gasteiger partial charge in [-0.3, -0.25) is 0 Å². The Morgan fingerprint density at radius 1 is 1.09 bits per heavy atom. The van der Waals surface area contributed by atoms with E-state index in [1.807, 2.05) is 18.2 Å². The Kier molecular flexibility index (Phi) is 7.75. The maximum Gasteiger partial charge on any atom is 0.244 e. The first kappa shape index (κ1) is 25.2. The molecule has 1 aromatic heterocycles. The SMILES string of the molecule is COc1cc(N2CCOCC2)ccc1Nc1ncc(Br)c(Nc2ccccc2S(=O)(=O)N(C)C)n1. The molecule has 10 nitrogen and oxygen atoms in total. The van der Waals surface area contributed by atoms with Gasteiger partial charge in [0.2, 0.25) is 16.0 Å². The number of morpholine rings is 1. The summed E-state index contributed by atoms with van der Waals surface area (Å²) in [5, 5.41) is 6.31. The van der Waals surface area contributed by atoms with Crippen LogP contribution < -0.4 is 20.3 Å². The van der Waals surface area contributed by atoms with Gasteiger partial charge in [-0.15, -0.1) is 0 Å². The molecule has 1 fully saturated rings. The molecule has 0 radical (unpaired) electrons. The average Bonchev–Trinajstić information content (AvgIpc) is 2.87. The van der Waals surface area contributed by atoms with Crippen molar-refractivity contribution in [3.8, 4) is 5.75 Å². The molecule has 35 heavy (non-hydrogen) atoms. The van der Waals surface area contributed by atoms with E-state index in [9.17, 15) is 8.42 Å². The van der Waals surface area contributed by atoms with Crippen molar-refractivity contribution in [2.24, 2.45) is 0 Å². The van der Waals surface area contributed by atoms with Crippen LogP contribution in [-0.2, 0) is 14.8 Å². The van der Waals surface area contributed by atoms with Crippen molar-refractivity contribution in [1.82, 2.24) is 14.3 Å². The molecule has 1 saturated heterocycles. The molecule has 3 aromatic rings. The van der Waals surface area contributed by atoms with Gasteiger partial charge in [-0.1, -0.05) is 12.1 Å². The molecule has 186 valence electrons. The molecule has 0 aliphatic carbocycles. The molecule has 0 bridgehead atoms. The van der Waals surface area contributed by atoms with E-state index in [-0.39, 0.29) is 4.90 Å². The van der Waals surface area contributed by atoms with Gasteiger partial charge in [0.25, 0.3) is 0 Å². The van der Waals surface area contributed by atoms with Crippen LogP contribution in [0.15, 0.2) is 58.0 Å². The van der Waals surface area contributed by atoms with Gasteiger partial charge in [-0.05, 0) is 40.2 Å². The second-order valence-electron chi connectivity index (χ2n) is 7.91. The number of benzene rings is 2. The lowest BCUT2D eigenvalue weighted by molar-refractivity contribution is 0.122. The molecule has 12 heteroatoms. The van der Waals surface area contributed by atoms with E-state index in [1.54, 1.807) is 37.6 Å². The van der Waals surface area contributed by atoms with Crippen molar-refractivity contribution < 1.29 is 17.9 Å². The van der Waals surface area contributed by atoms with Crippen LogP contribution in [0.5, 0.6) is 5.75 Å². The standard InChI is InChI=1S/C23H27BrN6O4S/c1-29(2)35(31,32)21-7-5-4-6-19(21)26-22-17(24)15-25-23(28-22)27-18-9-8-16(14-20(18)33-3)30-10-12-34-13-11-30/h4-9,14-15H,10-13H2,1-3H3,(H2,25,26,27,28). The summed E-state index contributed by atoms with van der Waals surface area (Å²) in [5.41, 5.74) is 2.15. The van der Waals surface area contributed by atoms with Crippen LogP contribution in [0, 0.1) is 0 Å². The number of methoxy groups -OCH3 is 1. The number of para-hydroxylation sites is 1. The van der Waals surface area contributed by atoms with Crippen molar-refractivity contribution in [3.05, 3.63) is 53.1 Å². The van der Waals surface area contributed by atoms with Crippen LogP contribution in [0.2, 0.25) is 0 Å². The topological polar surface area (TPSA) is 109 Å². The zero-order valence-corrected chi connectivity index (χ0v) is 22.1. The van der Waals surface area contributed by atoms with Crippen LogP contribution in [0.25, 0.3) is 0 Å². The predicted octanol–water partition coefficient (Wildman–Crippen LogP) is 3.82. The second-order valence-corrected chi connectivity index (χ2v) is 10.9. The zero-order chi connectivity index (χ0) is 25.0. The minimum absolute atomic E-state index is 0.144. The highest BCUT2D eigenvalue weighted by Crippen LogP contribution is 2.33. The van der Waals surface area contributed by atoms with Crippen LogP contribution in [0.3, 0.4) is 0 Å². The molecule has 0 amide bonds. The Morgan fingerprint density at radius 2 is 1.83 bits per heavy atom. The minimum atomic E-state index is -3.65. The number of halogens is 1. The first-order chi connectivity index (χ1) is 16.8. The lowest BCUT2D eigenvalue weighted by Gasteiger charge is -2.29. The molecule has 2 heterocycles. The zero-order valence-electron chi connectivity index (χ0n) is 19.7. The molecular formula is C23H27BrN6O4S. The van der Waals surface area contributed by atoms with Crippen LogP contribution >= 0.6 is 15.9 Å². The Balaban J connectivity index is 1.60. The van der Waals surface area contributed by atoms with Gasteiger partial charge >= 0.3 is 0 Å². The van der Waals surface area contributed by atoms with E-state index in [0.29, 0.717) is 46.6 Å². The van der Waals surface area contributed by atoms with E-state index >= 15 is 0 Å². The van der Waals surface area contributed by atoms with E-state index < -0.39 is 10.0 Å². The van der Waals surface area contributed by atoms with Crippen LogP contribution in [-0.4, -0.2) is 70.2 Å². The summed E-state index contributed by atoms with van der Waals surface area (Å²) >= 11 is 3.44. The number of hydrogen-bond acceptors (Lipinski definition) is 9. The number of rotatable bonds is 8. The Hall–Kier alpha value is -2.93. The Labute approximate surface area is 213 Å². The number of aromatic nitrogens is 2. The largest absolute Gasteiger partial charge is 0.494 e. The fraction of sp³-hybridized carbons (Fsp3) is 0.304. The number of anilines is 5. The highest BCUT2D eigenvalue weighted by atomic mass is 79.9. The highest BCUT2D eigenvalue weighted by molar-refractivity contribution is 9.10. The van der Waals surface area contributed by atoms with Crippen LogP contribution in [0.4, 0.5) is 28.8 Å². The van der Waals surface area contributed by atoms with Gasteiger partial charge < -0.3 is 25.0 Å². The molecule has 0 spiro atoms. The Morgan fingerprint density at radius 3 is 2.54 bits per heavy atom. The lowest BCUT2D eigenvalue weighted by atomic mass is 10.2. The third kappa shape index (κ3) is 5.67. The molecule has 0 saturated carbocycles. The van der Waals surface area contributed by atoms with Crippen molar-refractivity contribution in [3.63, 3.8) is 0 Å². The number of hydrogen-bond donors (Lipinski definition) is 2. The monoisotopic (exact) mass is 562 g/mol. The van der Waals surface area contributed by atoms with E-state index in [1.165, 1.54) is 18.4 Å². The van der Waals surface area contributed by atoms with Gasteiger partial charge in [0.1, 0.15) is 16.5 Å². The van der Waals surface area contributed by atoms with Crippen molar-refractivity contribution in [2.75, 3.05) is 63.0 Å². The maximum absolute atomic E-state index is 12.8. The van der Waals surface area contributed by atoms with E-state index in [4.69, 9.17) is 9.47 Å². The van der Waals surface area contributed by atoms with Gasteiger partial charge in [0.15, 0.2) is 0 Å². The summed E-state index contributed by atoms with van der Waals surface area (Å²) in [5.74, 6) is 1.38. The number of sulfonamides is 1. The number of nitrogens with one attached hydrogen (secondary N) is 2. The summed E-state index contributed by atoms with van der Waals surface area (Å²) in [7, 11) is 0.944. The maximum atomic E-state index is 12.8. The summed E-state index contributed by atoms with van der Waals surface area (Å²) in [4.78, 5) is 11.3. The summed E-state index contributed by atoms with van der Waals surface area (Å²) < 4.78 is 38.3. The summed E-state index contributed by atoms with van der Waals surface area (Å²) in [6.07, 6.45) is 1.59. The first-order valence-electron chi connectivity index (χ1n) is 10.9. The lowest BCUT2D eigenvalue weighted by Crippen LogP contribution is -2.36. The van der Waals surface area contributed by atoms with Gasteiger partial charge in [-0.2, -0.15) is 4.98 Å². The van der Waals surface area contributed by atoms with Gasteiger partial charge in [0, 0.05) is 45.1 Å². The van der Waals surface area contributed by atoms with Crippen LogP contribution in [0.1, 0.15) is 0 Å². The van der Waals surface area contributed by atoms with Crippen molar-refractivity contribution in [1.29, 1.82) is 0 Å². The number of nitrogens with zero attached hydrogens (tertiary/aromatic N) is 4. The van der Waals surface area contributed by atoms with Crippen molar-refractivity contribution >= 4 is 54.8 Å². The fourth-order valence-corrected chi connectivity index (χ4v) is 4.89. The third-order valence-corrected chi connectivity index (χ3v) is 7.90. The highest BCUT2D eigenvalue weighted by Gasteiger charge is 2.22. The van der Waals surface area contributed by atoms with E-state index in [2.05, 4.69) is 41.4 Å².